The summed E-state index contributed by atoms with van der Waals surface area (Å²) < 4.78 is 0.748. The average molecular weight is 231 g/mol. The molecule has 0 spiro atoms. The van der Waals surface area contributed by atoms with E-state index in [1.54, 1.807) is 6.07 Å². The maximum Gasteiger partial charge on any atom is 0.140 e. The molecule has 2 nitrogen and oxygen atoms in total. The molecule has 56 valence electrons. The van der Waals surface area contributed by atoms with E-state index in [-0.39, 0.29) is 0 Å². The Morgan fingerprint density at radius 2 is 2.36 bits per heavy atom. The molecule has 2 aromatic heterocycles. The van der Waals surface area contributed by atoms with Crippen molar-refractivity contribution in [2.75, 3.05) is 0 Å². The van der Waals surface area contributed by atoms with Crippen molar-refractivity contribution < 1.29 is 0 Å². The summed E-state index contributed by atoms with van der Waals surface area (Å²) in [6.45, 7) is 0. The van der Waals surface area contributed by atoms with Crippen LogP contribution in [0.5, 0.6) is 0 Å². The van der Waals surface area contributed by atoms with Crippen molar-refractivity contribution in [2.24, 2.45) is 0 Å². The van der Waals surface area contributed by atoms with E-state index in [4.69, 9.17) is 11.6 Å². The number of hydrogen-bond acceptors (Lipinski definition) is 1. The lowest BCUT2D eigenvalue weighted by molar-refractivity contribution is 1.29. The maximum absolute atomic E-state index is 5.91. The fraction of sp³-hybridized carbons (Fsp3) is 0. The zero-order valence-electron chi connectivity index (χ0n) is 5.44. The van der Waals surface area contributed by atoms with Gasteiger partial charge in [0.2, 0.25) is 0 Å². The van der Waals surface area contributed by atoms with Crippen molar-refractivity contribution in [2.45, 2.75) is 0 Å². The second-order valence-corrected chi connectivity index (χ2v) is 3.39. The van der Waals surface area contributed by atoms with Crippen LogP contribution in [-0.2, 0) is 0 Å². The van der Waals surface area contributed by atoms with Crippen molar-refractivity contribution in [1.82, 2.24) is 9.97 Å². The summed E-state index contributed by atoms with van der Waals surface area (Å²) in [7, 11) is 0. The fourth-order valence-corrected chi connectivity index (χ4v) is 1.76. The first-order valence-electron chi connectivity index (χ1n) is 3.06. The molecule has 2 heterocycles. The first-order chi connectivity index (χ1) is 5.27. The highest BCUT2D eigenvalue weighted by Gasteiger charge is 2.01. The van der Waals surface area contributed by atoms with Gasteiger partial charge in [-0.3, -0.25) is 0 Å². The fourth-order valence-electron chi connectivity index (χ4n) is 0.967. The minimum Gasteiger partial charge on any atom is -0.346 e. The van der Waals surface area contributed by atoms with E-state index in [0.717, 1.165) is 15.6 Å². The lowest BCUT2D eigenvalue weighted by atomic mass is 10.3. The molecular weight excluding hydrogens is 227 g/mol. The Labute approximate surface area is 76.7 Å². The molecule has 0 saturated heterocycles. The van der Waals surface area contributed by atoms with Gasteiger partial charge < -0.3 is 4.98 Å². The van der Waals surface area contributed by atoms with E-state index >= 15 is 0 Å². The SMILES string of the molecule is Clc1cc(Br)nc2[nH]ccc12. The second kappa shape index (κ2) is 2.50. The summed E-state index contributed by atoms with van der Waals surface area (Å²) in [6, 6.07) is 3.68. The number of halogens is 2. The molecule has 0 atom stereocenters. The van der Waals surface area contributed by atoms with Gasteiger partial charge in [0.25, 0.3) is 0 Å². The summed E-state index contributed by atoms with van der Waals surface area (Å²) in [5, 5.41) is 1.66. The molecule has 0 aromatic carbocycles. The Kier molecular flexibility index (Phi) is 1.62. The standard InChI is InChI=1S/C7H4BrClN2/c8-6-3-5(9)4-1-2-10-7(4)11-6/h1-3H,(H,10,11). The smallest absolute Gasteiger partial charge is 0.140 e. The zero-order valence-corrected chi connectivity index (χ0v) is 7.78. The van der Waals surface area contributed by atoms with Gasteiger partial charge in [-0.1, -0.05) is 11.6 Å². The minimum absolute atomic E-state index is 0.711. The molecule has 2 rings (SSSR count). The van der Waals surface area contributed by atoms with Crippen LogP contribution >= 0.6 is 27.5 Å². The van der Waals surface area contributed by atoms with E-state index in [1.807, 2.05) is 12.3 Å². The van der Waals surface area contributed by atoms with Crippen molar-refractivity contribution in [3.63, 3.8) is 0 Å². The second-order valence-electron chi connectivity index (χ2n) is 2.17. The number of aromatic amines is 1. The number of H-pyrrole nitrogens is 1. The van der Waals surface area contributed by atoms with Gasteiger partial charge in [-0.05, 0) is 28.1 Å². The topological polar surface area (TPSA) is 28.7 Å². The van der Waals surface area contributed by atoms with Crippen molar-refractivity contribution in [1.29, 1.82) is 0 Å². The Morgan fingerprint density at radius 3 is 3.18 bits per heavy atom. The molecule has 0 amide bonds. The summed E-state index contributed by atoms with van der Waals surface area (Å²) in [5.41, 5.74) is 0.810. The van der Waals surface area contributed by atoms with Gasteiger partial charge >= 0.3 is 0 Å². The molecule has 0 unspecified atom stereocenters. The minimum atomic E-state index is 0.711. The predicted molar refractivity (Wildman–Crippen MR) is 48.8 cm³/mol. The van der Waals surface area contributed by atoms with Gasteiger partial charge in [0.15, 0.2) is 0 Å². The van der Waals surface area contributed by atoms with E-state index in [1.165, 1.54) is 0 Å². The summed E-state index contributed by atoms with van der Waals surface area (Å²) >= 11 is 9.17. The van der Waals surface area contributed by atoms with Crippen LogP contribution in [0.15, 0.2) is 22.9 Å². The van der Waals surface area contributed by atoms with Gasteiger partial charge in [-0.25, -0.2) is 4.98 Å². The number of hydrogen-bond donors (Lipinski definition) is 1. The molecular formula is C7H4BrClN2. The Hall–Kier alpha value is -0.540. The maximum atomic E-state index is 5.91. The highest BCUT2D eigenvalue weighted by Crippen LogP contribution is 2.23. The molecule has 0 bridgehead atoms. The molecule has 2 aromatic rings. The summed E-state index contributed by atoms with van der Waals surface area (Å²) in [6.07, 6.45) is 1.82. The highest BCUT2D eigenvalue weighted by molar-refractivity contribution is 9.10. The van der Waals surface area contributed by atoms with E-state index < -0.39 is 0 Å². The number of nitrogens with zero attached hydrogens (tertiary/aromatic N) is 1. The molecule has 0 saturated carbocycles. The quantitative estimate of drug-likeness (QED) is 0.694. The molecule has 1 N–H and O–H groups in total. The number of fused-ring (bicyclic) bond motifs is 1. The van der Waals surface area contributed by atoms with Gasteiger partial charge in [0.1, 0.15) is 10.3 Å². The molecule has 0 fully saturated rings. The third kappa shape index (κ3) is 1.14. The monoisotopic (exact) mass is 230 g/mol. The number of pyridine rings is 1. The van der Waals surface area contributed by atoms with Gasteiger partial charge in [0, 0.05) is 11.6 Å². The van der Waals surface area contributed by atoms with E-state index in [0.29, 0.717) is 5.02 Å². The van der Waals surface area contributed by atoms with Crippen LogP contribution in [-0.4, -0.2) is 9.97 Å². The van der Waals surface area contributed by atoms with E-state index in [9.17, 15) is 0 Å². The van der Waals surface area contributed by atoms with Crippen LogP contribution in [0.1, 0.15) is 0 Å². The van der Waals surface area contributed by atoms with Crippen molar-refractivity contribution in [3.8, 4) is 0 Å². The zero-order chi connectivity index (χ0) is 7.84. The summed E-state index contributed by atoms with van der Waals surface area (Å²) in [4.78, 5) is 7.15. The molecule has 11 heavy (non-hydrogen) atoms. The first-order valence-corrected chi connectivity index (χ1v) is 4.23. The number of aromatic nitrogens is 2. The highest BCUT2D eigenvalue weighted by atomic mass is 79.9. The molecule has 0 radical (unpaired) electrons. The summed E-state index contributed by atoms with van der Waals surface area (Å²) in [5.74, 6) is 0. The third-order valence-electron chi connectivity index (χ3n) is 1.45. The van der Waals surface area contributed by atoms with Gasteiger partial charge in [0.05, 0.1) is 5.02 Å². The average Bonchev–Trinajstić information content (AvgIpc) is 2.34. The Balaban J connectivity index is 2.91. The molecule has 0 aliphatic carbocycles. The van der Waals surface area contributed by atoms with Crippen molar-refractivity contribution in [3.05, 3.63) is 28.0 Å². The molecule has 0 aliphatic rings. The van der Waals surface area contributed by atoms with Crippen molar-refractivity contribution >= 4 is 38.6 Å². The van der Waals surface area contributed by atoms with Gasteiger partial charge in [-0.2, -0.15) is 0 Å². The molecule has 0 aliphatic heterocycles. The van der Waals surface area contributed by atoms with Crippen LogP contribution in [0, 0.1) is 0 Å². The van der Waals surface area contributed by atoms with Crippen LogP contribution in [0.4, 0.5) is 0 Å². The number of rotatable bonds is 0. The third-order valence-corrected chi connectivity index (χ3v) is 2.17. The van der Waals surface area contributed by atoms with Crippen LogP contribution < -0.4 is 0 Å². The molecule has 4 heteroatoms. The first kappa shape index (κ1) is 7.13. The number of nitrogens with one attached hydrogen (secondary N) is 1. The van der Waals surface area contributed by atoms with E-state index in [2.05, 4.69) is 25.9 Å². The largest absolute Gasteiger partial charge is 0.346 e. The normalized spacial score (nSPS) is 10.7. The Morgan fingerprint density at radius 1 is 1.55 bits per heavy atom. The predicted octanol–water partition coefficient (Wildman–Crippen LogP) is 2.98. The lowest BCUT2D eigenvalue weighted by Gasteiger charge is -1.93. The van der Waals surface area contributed by atoms with Crippen LogP contribution in [0.25, 0.3) is 11.0 Å². The van der Waals surface area contributed by atoms with Crippen LogP contribution in [0.3, 0.4) is 0 Å². The lowest BCUT2D eigenvalue weighted by Crippen LogP contribution is -1.77. The Bertz CT molecular complexity index is 396. The van der Waals surface area contributed by atoms with Gasteiger partial charge in [-0.15, -0.1) is 0 Å². The van der Waals surface area contributed by atoms with Crippen LogP contribution in [0.2, 0.25) is 5.02 Å².